The minimum atomic E-state index is 0.311. The smallest absolute Gasteiger partial charge is 0.0755 e. The lowest BCUT2D eigenvalue weighted by Crippen LogP contribution is -2.16. The van der Waals surface area contributed by atoms with Crippen molar-refractivity contribution in [2.24, 2.45) is 11.8 Å². The van der Waals surface area contributed by atoms with Crippen LogP contribution in [0.5, 0.6) is 0 Å². The summed E-state index contributed by atoms with van der Waals surface area (Å²) in [5, 5.41) is 0. The van der Waals surface area contributed by atoms with Crippen molar-refractivity contribution < 1.29 is 0 Å². The molecule has 0 aliphatic heterocycles. The molecular formula is C9H15B. The van der Waals surface area contributed by atoms with Crippen LogP contribution >= 0.6 is 0 Å². The molecule has 0 heterocycles. The van der Waals surface area contributed by atoms with Crippen LogP contribution in [-0.4, -0.2) is 7.85 Å². The summed E-state index contributed by atoms with van der Waals surface area (Å²) in [4.78, 5) is 0. The van der Waals surface area contributed by atoms with E-state index in [0.717, 1.165) is 18.3 Å². The van der Waals surface area contributed by atoms with Gasteiger partial charge in [0.15, 0.2) is 0 Å². The van der Waals surface area contributed by atoms with E-state index in [1.54, 1.807) is 0 Å². The summed E-state index contributed by atoms with van der Waals surface area (Å²) in [5.74, 6) is 1.81. The zero-order chi connectivity index (χ0) is 7.72. The highest BCUT2D eigenvalue weighted by atomic mass is 14.2. The molecule has 10 heavy (non-hydrogen) atoms. The second-order valence-corrected chi connectivity index (χ2v) is 3.58. The van der Waals surface area contributed by atoms with Crippen molar-refractivity contribution in [1.82, 2.24) is 0 Å². The largest absolute Gasteiger partial charge is 0.0909 e. The molecule has 1 aliphatic rings. The average molecular weight is 134 g/mol. The first-order chi connectivity index (χ1) is 4.61. The summed E-state index contributed by atoms with van der Waals surface area (Å²) in [7, 11) is 5.80. The zero-order valence-corrected chi connectivity index (χ0v) is 7.09. The molecule has 2 unspecified atom stereocenters. The van der Waals surface area contributed by atoms with Gasteiger partial charge in [-0.3, -0.25) is 0 Å². The Labute approximate surface area is 65.1 Å². The van der Waals surface area contributed by atoms with Gasteiger partial charge >= 0.3 is 0 Å². The second kappa shape index (κ2) is 2.81. The lowest BCUT2D eigenvalue weighted by atomic mass is 9.69. The molecular weight excluding hydrogens is 119 g/mol. The standard InChI is InChI=1S/C9H15B/c1-6-4-9(10)5-7(2)8(6)3/h4,7-9H,5H2,1-3H3/t7?,8-,9?/m0/s1. The van der Waals surface area contributed by atoms with E-state index < -0.39 is 0 Å². The van der Waals surface area contributed by atoms with Crippen LogP contribution in [0.15, 0.2) is 11.6 Å². The van der Waals surface area contributed by atoms with E-state index in [1.165, 1.54) is 5.57 Å². The van der Waals surface area contributed by atoms with Crippen LogP contribution < -0.4 is 0 Å². The SMILES string of the molecule is [B]C1C=C(C)[C@H](C)C(C)C1. The number of hydrogen-bond donors (Lipinski definition) is 0. The monoisotopic (exact) mass is 134 g/mol. The maximum absolute atomic E-state index is 5.80. The fourth-order valence-corrected chi connectivity index (χ4v) is 1.64. The van der Waals surface area contributed by atoms with Crippen LogP contribution in [0.2, 0.25) is 5.82 Å². The molecule has 0 amide bonds. The fraction of sp³-hybridized carbons (Fsp3) is 0.778. The molecule has 1 aliphatic carbocycles. The minimum Gasteiger partial charge on any atom is -0.0909 e. The Balaban J connectivity index is 2.71. The number of hydrogen-bond acceptors (Lipinski definition) is 0. The summed E-state index contributed by atoms with van der Waals surface area (Å²) in [6, 6.07) is 0. The van der Waals surface area contributed by atoms with E-state index in [0.29, 0.717) is 5.82 Å². The van der Waals surface area contributed by atoms with Gasteiger partial charge in [0.2, 0.25) is 0 Å². The Morgan fingerprint density at radius 3 is 2.60 bits per heavy atom. The summed E-state index contributed by atoms with van der Waals surface area (Å²) in [6.07, 6.45) is 3.35. The Hall–Kier alpha value is -0.195. The highest BCUT2D eigenvalue weighted by Gasteiger charge is 2.20. The predicted molar refractivity (Wildman–Crippen MR) is 46.2 cm³/mol. The Morgan fingerprint density at radius 1 is 1.50 bits per heavy atom. The first-order valence-corrected chi connectivity index (χ1v) is 4.05. The molecule has 0 N–H and O–H groups in total. The summed E-state index contributed by atoms with van der Waals surface area (Å²) in [5.41, 5.74) is 1.46. The zero-order valence-electron chi connectivity index (χ0n) is 7.09. The molecule has 2 radical (unpaired) electrons. The maximum atomic E-state index is 5.80. The van der Waals surface area contributed by atoms with Gasteiger partial charge in [0.1, 0.15) is 0 Å². The molecule has 0 aromatic carbocycles. The molecule has 0 bridgehead atoms. The van der Waals surface area contributed by atoms with Crippen LogP contribution in [-0.2, 0) is 0 Å². The van der Waals surface area contributed by atoms with Crippen molar-refractivity contribution in [3.05, 3.63) is 11.6 Å². The van der Waals surface area contributed by atoms with Gasteiger partial charge in [-0.1, -0.05) is 37.7 Å². The van der Waals surface area contributed by atoms with Crippen LogP contribution in [0.3, 0.4) is 0 Å². The summed E-state index contributed by atoms with van der Waals surface area (Å²) in [6.45, 7) is 6.74. The van der Waals surface area contributed by atoms with Crippen LogP contribution in [0, 0.1) is 11.8 Å². The van der Waals surface area contributed by atoms with Crippen molar-refractivity contribution in [2.45, 2.75) is 33.0 Å². The quantitative estimate of drug-likeness (QED) is 0.352. The van der Waals surface area contributed by atoms with Crippen molar-refractivity contribution in [3.8, 4) is 0 Å². The molecule has 0 saturated heterocycles. The van der Waals surface area contributed by atoms with Gasteiger partial charge in [-0.2, -0.15) is 0 Å². The van der Waals surface area contributed by atoms with Crippen LogP contribution in [0.1, 0.15) is 27.2 Å². The lowest BCUT2D eigenvalue weighted by molar-refractivity contribution is 0.393. The molecule has 0 nitrogen and oxygen atoms in total. The second-order valence-electron chi connectivity index (χ2n) is 3.58. The molecule has 54 valence electrons. The van der Waals surface area contributed by atoms with Gasteiger partial charge in [-0.05, 0) is 18.8 Å². The average Bonchev–Trinajstić information content (AvgIpc) is 1.82. The molecule has 0 aromatic heterocycles. The van der Waals surface area contributed by atoms with E-state index in [1.807, 2.05) is 0 Å². The van der Waals surface area contributed by atoms with E-state index in [9.17, 15) is 0 Å². The fourth-order valence-electron chi connectivity index (χ4n) is 1.64. The third-order valence-electron chi connectivity index (χ3n) is 2.69. The van der Waals surface area contributed by atoms with E-state index in [-0.39, 0.29) is 0 Å². The van der Waals surface area contributed by atoms with Crippen molar-refractivity contribution >= 4 is 7.85 Å². The van der Waals surface area contributed by atoms with E-state index in [4.69, 9.17) is 7.85 Å². The molecule has 0 saturated carbocycles. The Bertz CT molecular complexity index is 149. The van der Waals surface area contributed by atoms with Crippen molar-refractivity contribution in [2.75, 3.05) is 0 Å². The predicted octanol–water partition coefficient (Wildman–Crippen LogP) is 2.57. The third-order valence-corrected chi connectivity index (χ3v) is 2.69. The molecule has 0 spiro atoms. The molecule has 0 fully saturated rings. The Morgan fingerprint density at radius 2 is 2.10 bits per heavy atom. The number of allylic oxidation sites excluding steroid dienone is 2. The van der Waals surface area contributed by atoms with Crippen molar-refractivity contribution in [1.29, 1.82) is 0 Å². The maximum Gasteiger partial charge on any atom is 0.0755 e. The molecule has 1 heteroatoms. The van der Waals surface area contributed by atoms with E-state index >= 15 is 0 Å². The van der Waals surface area contributed by atoms with Gasteiger partial charge in [0.05, 0.1) is 7.85 Å². The van der Waals surface area contributed by atoms with Gasteiger partial charge in [0, 0.05) is 0 Å². The summed E-state index contributed by atoms with van der Waals surface area (Å²) < 4.78 is 0. The first-order valence-electron chi connectivity index (χ1n) is 4.05. The van der Waals surface area contributed by atoms with Gasteiger partial charge in [0.25, 0.3) is 0 Å². The molecule has 3 atom stereocenters. The number of rotatable bonds is 0. The summed E-state index contributed by atoms with van der Waals surface area (Å²) >= 11 is 0. The lowest BCUT2D eigenvalue weighted by Gasteiger charge is -2.29. The topological polar surface area (TPSA) is 0 Å². The minimum absolute atomic E-state index is 0.311. The molecule has 0 aromatic rings. The van der Waals surface area contributed by atoms with Gasteiger partial charge in [-0.25, -0.2) is 0 Å². The third kappa shape index (κ3) is 1.45. The van der Waals surface area contributed by atoms with E-state index in [2.05, 4.69) is 26.8 Å². The Kier molecular flexibility index (Phi) is 2.23. The first kappa shape index (κ1) is 7.91. The van der Waals surface area contributed by atoms with Crippen LogP contribution in [0.25, 0.3) is 0 Å². The van der Waals surface area contributed by atoms with Crippen molar-refractivity contribution in [3.63, 3.8) is 0 Å². The van der Waals surface area contributed by atoms with Crippen LogP contribution in [0.4, 0.5) is 0 Å². The van der Waals surface area contributed by atoms with Gasteiger partial charge < -0.3 is 0 Å². The highest BCUT2D eigenvalue weighted by Crippen LogP contribution is 2.33. The van der Waals surface area contributed by atoms with Gasteiger partial charge in [-0.15, -0.1) is 0 Å². The highest BCUT2D eigenvalue weighted by molar-refractivity contribution is 6.13. The normalized spacial score (nSPS) is 41.1. The molecule has 1 rings (SSSR count).